The van der Waals surface area contributed by atoms with E-state index in [1.807, 2.05) is 12.1 Å². The van der Waals surface area contributed by atoms with Crippen LogP contribution >= 0.6 is 12.4 Å². The molecule has 6 N–H and O–H groups in total. The normalized spacial score (nSPS) is 34.9. The highest BCUT2D eigenvalue weighted by Gasteiger charge is 2.72. The Balaban J connectivity index is 0.000000871. The number of piperidine rings is 1. The van der Waals surface area contributed by atoms with Crippen LogP contribution in [0.4, 0.5) is 0 Å². The summed E-state index contributed by atoms with van der Waals surface area (Å²) in [6.45, 7) is 5.36. The fourth-order valence-corrected chi connectivity index (χ4v) is 5.80. The summed E-state index contributed by atoms with van der Waals surface area (Å²) < 4.78 is 5.98. The van der Waals surface area contributed by atoms with Crippen LogP contribution in [-0.4, -0.2) is 62.7 Å². The lowest BCUT2D eigenvalue weighted by molar-refractivity contribution is -0.187. The Bertz CT molecular complexity index is 786. The van der Waals surface area contributed by atoms with Crippen LogP contribution in [0.1, 0.15) is 30.4 Å². The SMILES string of the molecule is C=CCN1CCC23c4c5ccc(O)c4OC2C(=O)CCC3(O)C1C5.Cl.O.O. The summed E-state index contributed by atoms with van der Waals surface area (Å²) in [5.74, 6) is 0.528. The zero-order chi connectivity index (χ0) is 16.7. The molecule has 0 amide bonds. The number of hydrogen-bond donors (Lipinski definition) is 2. The number of hydrogen-bond acceptors (Lipinski definition) is 5. The van der Waals surface area contributed by atoms with Crippen molar-refractivity contribution in [2.75, 3.05) is 13.1 Å². The van der Waals surface area contributed by atoms with Crippen molar-refractivity contribution in [3.8, 4) is 11.5 Å². The van der Waals surface area contributed by atoms with Gasteiger partial charge in [-0.1, -0.05) is 12.1 Å². The monoisotopic (exact) mass is 399 g/mol. The van der Waals surface area contributed by atoms with E-state index in [1.165, 1.54) is 0 Å². The molecule has 2 fully saturated rings. The second-order valence-electron chi connectivity index (χ2n) is 7.56. The van der Waals surface area contributed by atoms with Crippen LogP contribution in [0.2, 0.25) is 0 Å². The zero-order valence-electron chi connectivity index (χ0n) is 14.9. The molecule has 27 heavy (non-hydrogen) atoms. The van der Waals surface area contributed by atoms with E-state index in [9.17, 15) is 15.0 Å². The largest absolute Gasteiger partial charge is 0.504 e. The molecule has 0 radical (unpaired) electrons. The lowest BCUT2D eigenvalue weighted by Gasteiger charge is -2.62. The Labute approximate surface area is 163 Å². The van der Waals surface area contributed by atoms with Crippen molar-refractivity contribution in [2.45, 2.75) is 48.8 Å². The molecule has 150 valence electrons. The number of aromatic hydroxyl groups is 1. The van der Waals surface area contributed by atoms with E-state index in [0.29, 0.717) is 31.4 Å². The molecule has 1 saturated heterocycles. The van der Waals surface area contributed by atoms with Gasteiger partial charge in [-0.2, -0.15) is 0 Å². The summed E-state index contributed by atoms with van der Waals surface area (Å²) in [7, 11) is 0. The minimum absolute atomic E-state index is 0. The van der Waals surface area contributed by atoms with Gasteiger partial charge >= 0.3 is 0 Å². The number of Topliss-reactive ketones (excluding diaryl/α,β-unsaturated/α-hetero) is 1. The lowest BCUT2D eigenvalue weighted by atomic mass is 9.49. The highest BCUT2D eigenvalue weighted by atomic mass is 35.5. The van der Waals surface area contributed by atoms with E-state index in [2.05, 4.69) is 11.5 Å². The van der Waals surface area contributed by atoms with Gasteiger partial charge in [-0.3, -0.25) is 9.69 Å². The quantitative estimate of drug-likeness (QED) is 0.679. The average molecular weight is 400 g/mol. The number of phenolic OH excluding ortho intramolecular Hbond substituents is 1. The molecular weight excluding hydrogens is 374 g/mol. The first kappa shape index (κ1) is 21.7. The molecule has 7 nitrogen and oxygen atoms in total. The maximum absolute atomic E-state index is 12.6. The van der Waals surface area contributed by atoms with E-state index in [4.69, 9.17) is 4.74 Å². The Morgan fingerprint density at radius 3 is 2.78 bits per heavy atom. The number of aliphatic hydroxyl groups is 1. The van der Waals surface area contributed by atoms with Crippen LogP contribution in [0.3, 0.4) is 0 Å². The van der Waals surface area contributed by atoms with Crippen molar-refractivity contribution in [3.05, 3.63) is 35.9 Å². The third-order valence-corrected chi connectivity index (χ3v) is 6.73. The van der Waals surface area contributed by atoms with Gasteiger partial charge in [-0.05, 0) is 30.9 Å². The number of nitrogens with zero attached hydrogens (tertiary/aromatic N) is 1. The van der Waals surface area contributed by atoms with Crippen molar-refractivity contribution in [1.29, 1.82) is 0 Å². The van der Waals surface area contributed by atoms with Crippen LogP contribution < -0.4 is 4.74 Å². The number of phenols is 1. The average Bonchev–Trinajstić information content (AvgIpc) is 2.91. The molecule has 2 aliphatic heterocycles. The number of likely N-dealkylation sites (tertiary alicyclic amines) is 1. The molecule has 1 spiro atoms. The van der Waals surface area contributed by atoms with E-state index < -0.39 is 17.1 Å². The second kappa shape index (κ2) is 6.76. The molecule has 8 heteroatoms. The summed E-state index contributed by atoms with van der Waals surface area (Å²) in [6.07, 6.45) is 3.35. The van der Waals surface area contributed by atoms with Crippen molar-refractivity contribution < 1.29 is 30.7 Å². The van der Waals surface area contributed by atoms with E-state index in [-0.39, 0.29) is 40.9 Å². The summed E-state index contributed by atoms with van der Waals surface area (Å²) >= 11 is 0. The van der Waals surface area contributed by atoms with Gasteiger partial charge in [0.2, 0.25) is 0 Å². The van der Waals surface area contributed by atoms with Gasteiger partial charge in [-0.25, -0.2) is 0 Å². The number of carbonyl (C=O) groups excluding carboxylic acids is 1. The van der Waals surface area contributed by atoms with Gasteiger partial charge in [0.15, 0.2) is 23.4 Å². The highest BCUT2D eigenvalue weighted by Crippen LogP contribution is 2.64. The standard InChI is InChI=1S/C19H21NO4.ClH.2H2O/c1-2-8-20-9-7-18-15-11-3-4-12(21)16(15)24-17(18)13(22)5-6-19(18,23)14(20)10-11;;;/h2-4,14,17,21,23H,1,5-10H2;1H;2*1H2. The van der Waals surface area contributed by atoms with Crippen molar-refractivity contribution >= 4 is 18.2 Å². The van der Waals surface area contributed by atoms with Gasteiger partial charge in [-0.15, -0.1) is 19.0 Å². The number of halogens is 1. The molecule has 5 rings (SSSR count). The third kappa shape index (κ3) is 2.26. The van der Waals surface area contributed by atoms with E-state index >= 15 is 0 Å². The molecule has 4 aliphatic rings. The molecule has 2 heterocycles. The first-order chi connectivity index (χ1) is 11.5. The molecule has 1 aromatic rings. The molecular formula is C19H26ClNO6. The zero-order valence-corrected chi connectivity index (χ0v) is 15.7. The van der Waals surface area contributed by atoms with Crippen LogP contribution in [0.5, 0.6) is 11.5 Å². The Hall–Kier alpha value is -1.64. The van der Waals surface area contributed by atoms with Gasteiger partial charge in [0.1, 0.15) is 0 Å². The van der Waals surface area contributed by atoms with Crippen LogP contribution in [0.15, 0.2) is 24.8 Å². The topological polar surface area (TPSA) is 133 Å². The predicted octanol–water partition coefficient (Wildman–Crippen LogP) is 0.0738. The summed E-state index contributed by atoms with van der Waals surface area (Å²) in [4.78, 5) is 14.9. The number of carbonyl (C=O) groups is 1. The van der Waals surface area contributed by atoms with Gasteiger partial charge in [0.05, 0.1) is 11.0 Å². The first-order valence-electron chi connectivity index (χ1n) is 8.65. The summed E-state index contributed by atoms with van der Waals surface area (Å²) in [5, 5.41) is 22.1. The maximum atomic E-state index is 12.6. The molecule has 4 atom stereocenters. The Kier molecular flexibility index (Phi) is 5.42. The molecule has 4 unspecified atom stereocenters. The molecule has 0 aromatic heterocycles. The van der Waals surface area contributed by atoms with E-state index in [1.54, 1.807) is 6.07 Å². The fraction of sp³-hybridized carbons (Fsp3) is 0.526. The maximum Gasteiger partial charge on any atom is 0.174 e. The van der Waals surface area contributed by atoms with Crippen LogP contribution in [0, 0.1) is 0 Å². The van der Waals surface area contributed by atoms with Crippen LogP contribution in [0.25, 0.3) is 0 Å². The number of ketones is 1. The Morgan fingerprint density at radius 1 is 1.33 bits per heavy atom. The van der Waals surface area contributed by atoms with Crippen molar-refractivity contribution in [3.63, 3.8) is 0 Å². The van der Waals surface area contributed by atoms with Crippen LogP contribution in [-0.2, 0) is 16.6 Å². The van der Waals surface area contributed by atoms with Gasteiger partial charge < -0.3 is 25.9 Å². The third-order valence-electron chi connectivity index (χ3n) is 6.73. The fourth-order valence-electron chi connectivity index (χ4n) is 5.80. The smallest absolute Gasteiger partial charge is 0.174 e. The van der Waals surface area contributed by atoms with Gasteiger partial charge in [0, 0.05) is 31.1 Å². The highest BCUT2D eigenvalue weighted by molar-refractivity contribution is 5.90. The minimum atomic E-state index is -1.00. The predicted molar refractivity (Wildman–Crippen MR) is 102 cm³/mol. The van der Waals surface area contributed by atoms with E-state index in [0.717, 1.165) is 24.2 Å². The number of rotatable bonds is 2. The summed E-state index contributed by atoms with van der Waals surface area (Å²) in [6, 6.07) is 3.52. The van der Waals surface area contributed by atoms with Crippen molar-refractivity contribution in [1.82, 2.24) is 4.90 Å². The second-order valence-corrected chi connectivity index (χ2v) is 7.56. The minimum Gasteiger partial charge on any atom is -0.504 e. The lowest BCUT2D eigenvalue weighted by Crippen LogP contribution is -2.76. The number of ether oxygens (including phenoxy) is 1. The molecule has 1 saturated carbocycles. The summed E-state index contributed by atoms with van der Waals surface area (Å²) in [5.41, 5.74) is 0.256. The Morgan fingerprint density at radius 2 is 2.07 bits per heavy atom. The number of benzene rings is 1. The first-order valence-corrected chi connectivity index (χ1v) is 8.65. The molecule has 2 aliphatic carbocycles. The molecule has 2 bridgehead atoms. The van der Waals surface area contributed by atoms with Crippen molar-refractivity contribution in [2.24, 2.45) is 0 Å². The molecule has 1 aromatic carbocycles. The van der Waals surface area contributed by atoms with Gasteiger partial charge in [0.25, 0.3) is 0 Å².